The molecule has 0 unspecified atom stereocenters. The number of morpholine rings is 1. The third-order valence-electron chi connectivity index (χ3n) is 4.66. The van der Waals surface area contributed by atoms with Gasteiger partial charge < -0.3 is 19.7 Å². The number of carbonyl (C=O) groups is 2. The largest absolute Gasteiger partial charge is 0.452 e. The predicted octanol–water partition coefficient (Wildman–Crippen LogP) is 1.63. The smallest absolute Gasteiger partial charge is 0.338 e. The molecule has 0 saturated carbocycles. The molecular formula is C20H21N3O8S. The van der Waals surface area contributed by atoms with E-state index in [9.17, 15) is 28.1 Å². The normalized spacial score (nSPS) is 14.0. The van der Waals surface area contributed by atoms with Crippen LogP contribution in [0.25, 0.3) is 0 Å². The van der Waals surface area contributed by atoms with Gasteiger partial charge in [-0.1, -0.05) is 0 Å². The van der Waals surface area contributed by atoms with Crippen LogP contribution >= 0.6 is 0 Å². The summed E-state index contributed by atoms with van der Waals surface area (Å²) in [6, 6.07) is 9.49. The van der Waals surface area contributed by atoms with Crippen LogP contribution in [0.2, 0.25) is 0 Å². The minimum absolute atomic E-state index is 0.0565. The molecule has 1 fully saturated rings. The van der Waals surface area contributed by atoms with Crippen LogP contribution in [0.1, 0.15) is 10.4 Å². The Kier molecular flexibility index (Phi) is 7.05. The zero-order valence-electron chi connectivity index (χ0n) is 17.1. The third-order valence-corrected chi connectivity index (χ3v) is 5.79. The lowest BCUT2D eigenvalue weighted by molar-refractivity contribution is -0.384. The predicted molar refractivity (Wildman–Crippen MR) is 115 cm³/mol. The first kappa shape index (κ1) is 23.2. The van der Waals surface area contributed by atoms with Crippen molar-refractivity contribution in [1.29, 1.82) is 0 Å². The van der Waals surface area contributed by atoms with Crippen LogP contribution in [0.4, 0.5) is 17.1 Å². The summed E-state index contributed by atoms with van der Waals surface area (Å²) in [6.45, 7) is 1.28. The third kappa shape index (κ3) is 5.80. The van der Waals surface area contributed by atoms with Gasteiger partial charge in [0.15, 0.2) is 16.4 Å². The number of nitro benzene ring substituents is 1. The molecule has 0 bridgehead atoms. The molecule has 1 amide bonds. The number of sulfone groups is 1. The first-order valence-electron chi connectivity index (χ1n) is 9.53. The second kappa shape index (κ2) is 9.75. The second-order valence-electron chi connectivity index (χ2n) is 6.98. The molecule has 0 aromatic heterocycles. The van der Waals surface area contributed by atoms with E-state index in [0.717, 1.165) is 12.3 Å². The number of carbonyl (C=O) groups excluding carboxylic acids is 2. The first-order chi connectivity index (χ1) is 15.1. The van der Waals surface area contributed by atoms with Crippen molar-refractivity contribution in [1.82, 2.24) is 0 Å². The van der Waals surface area contributed by atoms with Gasteiger partial charge >= 0.3 is 5.97 Å². The molecule has 0 spiro atoms. The molecule has 1 aliphatic rings. The number of nitro groups is 1. The molecule has 1 aliphatic heterocycles. The molecule has 12 heteroatoms. The number of esters is 1. The standard InChI is InChI=1S/C20H21N3O8S/c1-32(28,29)16-5-3-15(4-6-16)21-19(24)13-31-20(25)14-2-7-17(18(12-14)23(26)27)22-8-10-30-11-9-22/h2-7,12H,8-11,13H2,1H3,(H,21,24). The summed E-state index contributed by atoms with van der Waals surface area (Å²) in [4.78, 5) is 37.1. The van der Waals surface area contributed by atoms with E-state index in [4.69, 9.17) is 9.47 Å². The summed E-state index contributed by atoms with van der Waals surface area (Å²) in [5, 5.41) is 14.0. The van der Waals surface area contributed by atoms with Gasteiger partial charge in [0.05, 0.1) is 28.6 Å². The van der Waals surface area contributed by atoms with Gasteiger partial charge in [0.2, 0.25) is 0 Å². The van der Waals surface area contributed by atoms with Gasteiger partial charge in [-0.25, -0.2) is 13.2 Å². The number of hydrogen-bond acceptors (Lipinski definition) is 9. The Morgan fingerprint density at radius 1 is 1.16 bits per heavy atom. The minimum atomic E-state index is -3.36. The average Bonchev–Trinajstić information content (AvgIpc) is 2.77. The molecule has 0 aliphatic carbocycles. The van der Waals surface area contributed by atoms with Crippen LogP contribution in [0.5, 0.6) is 0 Å². The lowest BCUT2D eigenvalue weighted by atomic mass is 10.1. The molecular weight excluding hydrogens is 442 g/mol. The number of anilines is 2. The molecule has 2 aromatic carbocycles. The summed E-state index contributed by atoms with van der Waals surface area (Å²) in [5.41, 5.74) is 0.407. The molecule has 1 heterocycles. The molecule has 0 atom stereocenters. The van der Waals surface area contributed by atoms with E-state index in [1.54, 1.807) is 4.90 Å². The molecule has 170 valence electrons. The molecule has 1 saturated heterocycles. The van der Waals surface area contributed by atoms with Crippen molar-refractivity contribution in [3.05, 3.63) is 58.1 Å². The molecule has 0 radical (unpaired) electrons. The number of amides is 1. The molecule has 3 rings (SSSR count). The van der Waals surface area contributed by atoms with E-state index in [1.807, 2.05) is 0 Å². The highest BCUT2D eigenvalue weighted by atomic mass is 32.2. The number of ether oxygens (including phenoxy) is 2. The Labute approximate surface area is 184 Å². The van der Waals surface area contributed by atoms with Crippen LogP contribution in [0.3, 0.4) is 0 Å². The summed E-state index contributed by atoms with van der Waals surface area (Å²) in [7, 11) is -3.36. The monoisotopic (exact) mass is 463 g/mol. The fraction of sp³-hybridized carbons (Fsp3) is 0.300. The van der Waals surface area contributed by atoms with Crippen LogP contribution < -0.4 is 10.2 Å². The van der Waals surface area contributed by atoms with Crippen molar-refractivity contribution in [2.45, 2.75) is 4.90 Å². The summed E-state index contributed by atoms with van der Waals surface area (Å²) in [6.07, 6.45) is 1.07. The molecule has 1 N–H and O–H groups in total. The Balaban J connectivity index is 1.62. The van der Waals surface area contributed by atoms with Gasteiger partial charge in [-0.2, -0.15) is 0 Å². The highest BCUT2D eigenvalue weighted by Crippen LogP contribution is 2.30. The van der Waals surface area contributed by atoms with Crippen molar-refractivity contribution in [2.24, 2.45) is 0 Å². The zero-order chi connectivity index (χ0) is 23.3. The molecule has 11 nitrogen and oxygen atoms in total. The van der Waals surface area contributed by atoms with Crippen LogP contribution in [-0.2, 0) is 24.1 Å². The second-order valence-corrected chi connectivity index (χ2v) is 9.00. The van der Waals surface area contributed by atoms with Crippen molar-refractivity contribution in [3.8, 4) is 0 Å². The van der Waals surface area contributed by atoms with E-state index in [1.165, 1.54) is 36.4 Å². The Bertz CT molecular complexity index is 1130. The van der Waals surface area contributed by atoms with E-state index >= 15 is 0 Å². The number of nitrogens with zero attached hydrogens (tertiary/aromatic N) is 2. The van der Waals surface area contributed by atoms with Crippen molar-refractivity contribution in [3.63, 3.8) is 0 Å². The van der Waals surface area contributed by atoms with Crippen molar-refractivity contribution < 1.29 is 32.4 Å². The quantitative estimate of drug-likeness (QED) is 0.368. The van der Waals surface area contributed by atoms with Crippen molar-refractivity contribution >= 4 is 38.8 Å². The van der Waals surface area contributed by atoms with Gasteiger partial charge in [0.1, 0.15) is 5.69 Å². The lowest BCUT2D eigenvalue weighted by Gasteiger charge is -2.28. The average molecular weight is 463 g/mol. The number of hydrogen-bond donors (Lipinski definition) is 1. The molecule has 32 heavy (non-hydrogen) atoms. The van der Waals surface area contributed by atoms with E-state index in [0.29, 0.717) is 37.7 Å². The highest BCUT2D eigenvalue weighted by Gasteiger charge is 2.24. The van der Waals surface area contributed by atoms with Gasteiger partial charge in [0, 0.05) is 31.1 Å². The van der Waals surface area contributed by atoms with Gasteiger partial charge in [-0.05, 0) is 36.4 Å². The van der Waals surface area contributed by atoms with E-state index < -0.39 is 33.2 Å². The summed E-state index contributed by atoms with van der Waals surface area (Å²) < 4.78 is 33.1. The maximum absolute atomic E-state index is 12.3. The number of nitrogens with one attached hydrogen (secondary N) is 1. The van der Waals surface area contributed by atoms with E-state index in [2.05, 4.69) is 5.32 Å². The van der Waals surface area contributed by atoms with Crippen LogP contribution in [0.15, 0.2) is 47.4 Å². The lowest BCUT2D eigenvalue weighted by Crippen LogP contribution is -2.36. The number of benzene rings is 2. The van der Waals surface area contributed by atoms with Gasteiger partial charge in [0.25, 0.3) is 11.6 Å². The number of rotatable bonds is 7. The van der Waals surface area contributed by atoms with E-state index in [-0.39, 0.29) is 16.1 Å². The van der Waals surface area contributed by atoms with Crippen LogP contribution in [0, 0.1) is 10.1 Å². The Hall–Kier alpha value is -3.51. The van der Waals surface area contributed by atoms with Gasteiger partial charge in [-0.15, -0.1) is 0 Å². The van der Waals surface area contributed by atoms with Crippen LogP contribution in [-0.4, -0.2) is 64.4 Å². The topological polar surface area (TPSA) is 145 Å². The highest BCUT2D eigenvalue weighted by molar-refractivity contribution is 7.90. The zero-order valence-corrected chi connectivity index (χ0v) is 18.0. The first-order valence-corrected chi connectivity index (χ1v) is 11.4. The maximum Gasteiger partial charge on any atom is 0.338 e. The maximum atomic E-state index is 12.3. The summed E-state index contributed by atoms with van der Waals surface area (Å²) >= 11 is 0. The fourth-order valence-electron chi connectivity index (χ4n) is 3.07. The van der Waals surface area contributed by atoms with Gasteiger partial charge in [-0.3, -0.25) is 14.9 Å². The summed E-state index contributed by atoms with van der Waals surface area (Å²) in [5.74, 6) is -1.53. The van der Waals surface area contributed by atoms with Crippen molar-refractivity contribution in [2.75, 3.05) is 49.4 Å². The fourth-order valence-corrected chi connectivity index (χ4v) is 3.70. The SMILES string of the molecule is CS(=O)(=O)c1ccc(NC(=O)COC(=O)c2ccc(N3CCOCC3)c([N+](=O)[O-])c2)cc1. The Morgan fingerprint density at radius 2 is 1.81 bits per heavy atom. The minimum Gasteiger partial charge on any atom is -0.452 e. The molecule has 2 aromatic rings. The Morgan fingerprint density at radius 3 is 2.41 bits per heavy atom.